The molecule has 116 valence electrons. The molecule has 0 aliphatic heterocycles. The molecule has 0 aliphatic carbocycles. The Bertz CT molecular complexity index is 466. The van der Waals surface area contributed by atoms with Crippen LogP contribution in [0, 0.1) is 0 Å². The minimum atomic E-state index is -0.540. The molecule has 5 nitrogen and oxygen atoms in total. The van der Waals surface area contributed by atoms with Gasteiger partial charge in [-0.05, 0) is 27.7 Å². The summed E-state index contributed by atoms with van der Waals surface area (Å²) >= 11 is 0. The summed E-state index contributed by atoms with van der Waals surface area (Å²) in [5, 5.41) is 7.47. The summed E-state index contributed by atoms with van der Waals surface area (Å²) in [4.78, 5) is 11.8. The van der Waals surface area contributed by atoms with E-state index in [1.165, 1.54) is 0 Å². The molecule has 0 bridgehead atoms. The third-order valence-corrected chi connectivity index (χ3v) is 2.78. The summed E-state index contributed by atoms with van der Waals surface area (Å²) in [5.74, 6) is 0.491. The average molecular weight is 303 g/mol. The Morgan fingerprint density at radius 1 is 1.30 bits per heavy atom. The Kier molecular flexibility index (Phi) is 5.81. The quantitative estimate of drug-likeness (QED) is 0.882. The molecule has 0 spiro atoms. The molecule has 3 N–H and O–H groups in total. The maximum absolute atomic E-state index is 11.8. The first-order valence-electron chi connectivity index (χ1n) is 6.60. The van der Waals surface area contributed by atoms with Gasteiger partial charge in [0.25, 0.3) is 0 Å². The van der Waals surface area contributed by atoms with Gasteiger partial charge in [-0.3, -0.25) is 4.79 Å². The number of nitrogens with two attached hydrogens (primary N) is 1. The maximum atomic E-state index is 11.8. The van der Waals surface area contributed by atoms with Crippen LogP contribution in [0.15, 0.2) is 6.07 Å². The van der Waals surface area contributed by atoms with E-state index < -0.39 is 6.04 Å². The van der Waals surface area contributed by atoms with Crippen molar-refractivity contribution in [2.24, 2.45) is 5.73 Å². The first-order valence-corrected chi connectivity index (χ1v) is 6.60. The number of amides is 1. The van der Waals surface area contributed by atoms with E-state index in [0.717, 1.165) is 5.69 Å². The summed E-state index contributed by atoms with van der Waals surface area (Å²) in [6, 6.07) is 1.38. The van der Waals surface area contributed by atoms with Gasteiger partial charge in [0.15, 0.2) is 0 Å². The third kappa shape index (κ3) is 4.49. The standard InChI is InChI=1S/C14H26N4O.ClH/c1-9(15)12(19)16-11-8-10(13(2,3)4)17-18(11)14(5,6)7;/h8-9H,15H2,1-7H3,(H,16,19);1H/t9-;/m0./s1. The molecule has 20 heavy (non-hydrogen) atoms. The molecule has 0 fully saturated rings. The predicted molar refractivity (Wildman–Crippen MR) is 85.5 cm³/mol. The van der Waals surface area contributed by atoms with Crippen LogP contribution in [0.1, 0.15) is 54.2 Å². The van der Waals surface area contributed by atoms with Gasteiger partial charge in [0.05, 0.1) is 17.3 Å². The lowest BCUT2D eigenvalue weighted by molar-refractivity contribution is -0.117. The number of nitrogens with one attached hydrogen (secondary N) is 1. The first-order chi connectivity index (χ1) is 8.43. The normalized spacial score (nSPS) is 13.6. The van der Waals surface area contributed by atoms with Crippen LogP contribution in [-0.4, -0.2) is 21.7 Å². The van der Waals surface area contributed by atoms with Crippen LogP contribution in [-0.2, 0) is 15.7 Å². The maximum Gasteiger partial charge on any atom is 0.242 e. The van der Waals surface area contributed by atoms with Crippen molar-refractivity contribution >= 4 is 24.1 Å². The highest BCUT2D eigenvalue weighted by atomic mass is 35.5. The fraction of sp³-hybridized carbons (Fsp3) is 0.714. The van der Waals surface area contributed by atoms with Crippen molar-refractivity contribution in [1.82, 2.24) is 9.78 Å². The Labute approximate surface area is 127 Å². The van der Waals surface area contributed by atoms with Crippen LogP contribution in [0.2, 0.25) is 0 Å². The molecule has 1 atom stereocenters. The van der Waals surface area contributed by atoms with Gasteiger partial charge in [0.1, 0.15) is 5.82 Å². The lowest BCUT2D eigenvalue weighted by atomic mass is 9.92. The Hall–Kier alpha value is -1.07. The number of nitrogens with zero attached hydrogens (tertiary/aromatic N) is 2. The van der Waals surface area contributed by atoms with Gasteiger partial charge in [-0.2, -0.15) is 5.10 Å². The second-order valence-electron chi connectivity index (χ2n) is 7.03. The lowest BCUT2D eigenvalue weighted by Gasteiger charge is -2.23. The zero-order valence-electron chi connectivity index (χ0n) is 13.4. The van der Waals surface area contributed by atoms with E-state index in [0.29, 0.717) is 5.82 Å². The van der Waals surface area contributed by atoms with Crippen LogP contribution < -0.4 is 11.1 Å². The van der Waals surface area contributed by atoms with Crippen LogP contribution in [0.3, 0.4) is 0 Å². The molecule has 6 heteroatoms. The number of hydrogen-bond donors (Lipinski definition) is 2. The summed E-state index contributed by atoms with van der Waals surface area (Å²) in [6.07, 6.45) is 0. The monoisotopic (exact) mass is 302 g/mol. The lowest BCUT2D eigenvalue weighted by Crippen LogP contribution is -2.35. The van der Waals surface area contributed by atoms with Crippen LogP contribution in [0.5, 0.6) is 0 Å². The number of rotatable bonds is 2. The van der Waals surface area contributed by atoms with Gasteiger partial charge >= 0.3 is 0 Å². The molecular weight excluding hydrogens is 276 g/mol. The van der Waals surface area contributed by atoms with Crippen LogP contribution in [0.4, 0.5) is 5.82 Å². The molecule has 1 rings (SSSR count). The molecule has 1 aromatic heterocycles. The Balaban J connectivity index is 0.00000361. The fourth-order valence-electron chi connectivity index (χ4n) is 1.59. The molecule has 0 radical (unpaired) electrons. The van der Waals surface area contributed by atoms with Crippen molar-refractivity contribution in [2.45, 2.75) is 65.5 Å². The first kappa shape index (κ1) is 18.9. The van der Waals surface area contributed by atoms with Gasteiger partial charge in [-0.25, -0.2) is 4.68 Å². The molecule has 1 heterocycles. The van der Waals surface area contributed by atoms with Gasteiger partial charge in [0.2, 0.25) is 5.91 Å². The largest absolute Gasteiger partial charge is 0.320 e. The molecule has 0 unspecified atom stereocenters. The summed E-state index contributed by atoms with van der Waals surface area (Å²) in [5.41, 5.74) is 6.27. The van der Waals surface area contributed by atoms with Crippen LogP contribution >= 0.6 is 12.4 Å². The second-order valence-corrected chi connectivity index (χ2v) is 7.03. The third-order valence-electron chi connectivity index (χ3n) is 2.78. The molecule has 1 amide bonds. The Morgan fingerprint density at radius 3 is 2.15 bits per heavy atom. The van der Waals surface area contributed by atoms with E-state index in [4.69, 9.17) is 5.73 Å². The van der Waals surface area contributed by atoms with E-state index in [9.17, 15) is 4.79 Å². The number of carbonyl (C=O) groups excluding carboxylic acids is 1. The van der Waals surface area contributed by atoms with Crippen molar-refractivity contribution in [3.8, 4) is 0 Å². The highest BCUT2D eigenvalue weighted by Gasteiger charge is 2.26. The molecule has 0 saturated carbocycles. The van der Waals surface area contributed by atoms with Gasteiger partial charge in [-0.1, -0.05) is 20.8 Å². The summed E-state index contributed by atoms with van der Waals surface area (Å²) in [7, 11) is 0. The number of aromatic nitrogens is 2. The zero-order chi connectivity index (χ0) is 15.0. The minimum absolute atomic E-state index is 0. The number of halogens is 1. The molecule has 0 saturated heterocycles. The van der Waals surface area contributed by atoms with Gasteiger partial charge < -0.3 is 11.1 Å². The number of hydrogen-bond acceptors (Lipinski definition) is 3. The Morgan fingerprint density at radius 2 is 1.80 bits per heavy atom. The smallest absolute Gasteiger partial charge is 0.242 e. The van der Waals surface area contributed by atoms with Crippen LogP contribution in [0.25, 0.3) is 0 Å². The van der Waals surface area contributed by atoms with E-state index >= 15 is 0 Å². The fourth-order valence-corrected chi connectivity index (χ4v) is 1.59. The summed E-state index contributed by atoms with van der Waals surface area (Å²) < 4.78 is 1.84. The SMILES string of the molecule is C[C@H](N)C(=O)Nc1cc(C(C)(C)C)nn1C(C)(C)C.Cl. The van der Waals surface area contributed by atoms with Crippen molar-refractivity contribution in [2.75, 3.05) is 5.32 Å². The average Bonchev–Trinajstić information content (AvgIpc) is 2.60. The molecule has 0 aliphatic rings. The molecule has 0 aromatic carbocycles. The molecular formula is C14H27ClN4O. The minimum Gasteiger partial charge on any atom is -0.320 e. The topological polar surface area (TPSA) is 72.9 Å². The van der Waals surface area contributed by atoms with Gasteiger partial charge in [-0.15, -0.1) is 12.4 Å². The zero-order valence-corrected chi connectivity index (χ0v) is 14.3. The number of anilines is 1. The predicted octanol–water partition coefficient (Wildman–Crippen LogP) is 2.64. The van der Waals surface area contributed by atoms with Gasteiger partial charge in [0, 0.05) is 11.5 Å². The van der Waals surface area contributed by atoms with Crippen molar-refractivity contribution in [3.05, 3.63) is 11.8 Å². The second kappa shape index (κ2) is 6.14. The van der Waals surface area contributed by atoms with Crippen molar-refractivity contribution < 1.29 is 4.79 Å². The highest BCUT2D eigenvalue weighted by molar-refractivity contribution is 5.93. The van der Waals surface area contributed by atoms with E-state index in [1.54, 1.807) is 6.92 Å². The molecule has 1 aromatic rings. The van der Waals surface area contributed by atoms with Crippen molar-refractivity contribution in [1.29, 1.82) is 0 Å². The van der Waals surface area contributed by atoms with Crippen molar-refractivity contribution in [3.63, 3.8) is 0 Å². The van der Waals surface area contributed by atoms with E-state index in [2.05, 4.69) is 31.2 Å². The highest BCUT2D eigenvalue weighted by Crippen LogP contribution is 2.28. The summed E-state index contributed by atoms with van der Waals surface area (Å²) in [6.45, 7) is 14.1. The number of carbonyl (C=O) groups is 1. The van der Waals surface area contributed by atoms with E-state index in [1.807, 2.05) is 31.5 Å². The van der Waals surface area contributed by atoms with E-state index in [-0.39, 0.29) is 29.3 Å².